The van der Waals surface area contributed by atoms with Crippen LogP contribution in [0, 0.1) is 0 Å². The Morgan fingerprint density at radius 2 is 1.86 bits per heavy atom. The fourth-order valence-corrected chi connectivity index (χ4v) is 4.44. The molecule has 0 aliphatic heterocycles. The SMILES string of the molecule is CN(C)CCOc1cncc(-c2ccc3[nH]nc(-c4nc5c(-c6cccs6)nccc5[nH]4)c3n2)n1. The molecule has 0 radical (unpaired) electrons. The van der Waals surface area contributed by atoms with Crippen LogP contribution in [0.3, 0.4) is 0 Å². The quantitative estimate of drug-likeness (QED) is 0.349. The lowest BCUT2D eigenvalue weighted by atomic mass is 10.2. The van der Waals surface area contributed by atoms with Gasteiger partial charge in [0, 0.05) is 12.7 Å². The molecule has 0 aliphatic rings. The lowest BCUT2D eigenvalue weighted by molar-refractivity contribution is 0.253. The fourth-order valence-electron chi connectivity index (χ4n) is 3.72. The van der Waals surface area contributed by atoms with E-state index in [1.807, 2.05) is 54.7 Å². The standard InChI is InChI=1S/C24H21N9OS/c1-33(2)9-10-34-19-13-25-12-17(27-19)14-5-6-16-21(28-14)23(32-31-16)24-29-15-7-8-26-22(20(15)30-24)18-4-3-11-35-18/h3-8,11-13H,9-10H2,1-2H3,(H,29,30)(H,31,32). The molecule has 6 aromatic rings. The summed E-state index contributed by atoms with van der Waals surface area (Å²) in [4.78, 5) is 29.6. The first-order valence-electron chi connectivity index (χ1n) is 11.0. The van der Waals surface area contributed by atoms with Gasteiger partial charge in [0.05, 0.1) is 34.0 Å². The summed E-state index contributed by atoms with van der Waals surface area (Å²) in [5.41, 5.74) is 5.93. The summed E-state index contributed by atoms with van der Waals surface area (Å²) in [7, 11) is 3.99. The molecule has 2 N–H and O–H groups in total. The fraction of sp³-hybridized carbons (Fsp3) is 0.167. The Labute approximate surface area is 204 Å². The van der Waals surface area contributed by atoms with Crippen LogP contribution in [-0.4, -0.2) is 72.2 Å². The molecule has 0 bridgehead atoms. The second-order valence-corrected chi connectivity index (χ2v) is 9.13. The second kappa shape index (κ2) is 8.85. The first-order chi connectivity index (χ1) is 17.2. The van der Waals surface area contributed by atoms with E-state index in [0.29, 0.717) is 40.9 Å². The number of imidazole rings is 1. The third-order valence-electron chi connectivity index (χ3n) is 5.45. The van der Waals surface area contributed by atoms with Gasteiger partial charge in [-0.2, -0.15) is 5.10 Å². The van der Waals surface area contributed by atoms with Crippen LogP contribution in [-0.2, 0) is 0 Å². The summed E-state index contributed by atoms with van der Waals surface area (Å²) >= 11 is 1.63. The summed E-state index contributed by atoms with van der Waals surface area (Å²) in [6.07, 6.45) is 5.06. The van der Waals surface area contributed by atoms with Crippen molar-refractivity contribution in [3.05, 3.63) is 54.3 Å². The molecule has 0 aromatic carbocycles. The van der Waals surface area contributed by atoms with Gasteiger partial charge in [0.2, 0.25) is 5.88 Å². The largest absolute Gasteiger partial charge is 0.475 e. The van der Waals surface area contributed by atoms with E-state index in [2.05, 4.69) is 30.1 Å². The van der Waals surface area contributed by atoms with E-state index in [9.17, 15) is 0 Å². The maximum atomic E-state index is 5.74. The van der Waals surface area contributed by atoms with Gasteiger partial charge in [-0.1, -0.05) is 6.07 Å². The van der Waals surface area contributed by atoms with Crippen LogP contribution in [0.1, 0.15) is 0 Å². The number of thiophene rings is 1. The molecule has 0 atom stereocenters. The van der Waals surface area contributed by atoms with Crippen LogP contribution in [0.5, 0.6) is 5.88 Å². The first-order valence-corrected chi connectivity index (χ1v) is 11.9. The highest BCUT2D eigenvalue weighted by atomic mass is 32.1. The monoisotopic (exact) mass is 483 g/mol. The number of nitrogens with one attached hydrogen (secondary N) is 2. The number of nitrogens with zero attached hydrogens (tertiary/aromatic N) is 7. The second-order valence-electron chi connectivity index (χ2n) is 8.18. The molecule has 174 valence electrons. The van der Waals surface area contributed by atoms with Crippen LogP contribution in [0.4, 0.5) is 0 Å². The Hall–Kier alpha value is -4.22. The predicted octanol–water partition coefficient (Wildman–Crippen LogP) is 4.02. The van der Waals surface area contributed by atoms with E-state index in [1.54, 1.807) is 29.9 Å². The normalized spacial score (nSPS) is 11.6. The van der Waals surface area contributed by atoms with Crippen molar-refractivity contribution in [2.45, 2.75) is 0 Å². The molecule has 6 heterocycles. The molecule has 0 amide bonds. The zero-order chi connectivity index (χ0) is 23.8. The average molecular weight is 484 g/mol. The van der Waals surface area contributed by atoms with E-state index in [4.69, 9.17) is 14.7 Å². The Balaban J connectivity index is 1.38. The van der Waals surface area contributed by atoms with Gasteiger partial charge >= 0.3 is 0 Å². The smallest absolute Gasteiger partial charge is 0.232 e. The number of H-pyrrole nitrogens is 2. The number of pyridine rings is 2. The Kier molecular flexibility index (Phi) is 5.39. The van der Waals surface area contributed by atoms with Gasteiger partial charge in [-0.25, -0.2) is 15.0 Å². The number of ether oxygens (including phenoxy) is 1. The van der Waals surface area contributed by atoms with Crippen LogP contribution in [0.2, 0.25) is 0 Å². The van der Waals surface area contributed by atoms with Crippen LogP contribution in [0.15, 0.2) is 54.3 Å². The molecule has 10 nitrogen and oxygen atoms in total. The molecular formula is C24H21N9OS. The number of hydrogen-bond donors (Lipinski definition) is 2. The highest BCUT2D eigenvalue weighted by Gasteiger charge is 2.18. The van der Waals surface area contributed by atoms with E-state index < -0.39 is 0 Å². The molecule has 0 saturated heterocycles. The molecule has 6 rings (SSSR count). The molecule has 0 spiro atoms. The minimum Gasteiger partial charge on any atom is -0.475 e. The highest BCUT2D eigenvalue weighted by molar-refractivity contribution is 7.13. The van der Waals surface area contributed by atoms with Crippen molar-refractivity contribution in [1.29, 1.82) is 0 Å². The maximum absolute atomic E-state index is 5.74. The van der Waals surface area contributed by atoms with Crippen LogP contribution in [0.25, 0.3) is 55.5 Å². The molecule has 0 saturated carbocycles. The van der Waals surface area contributed by atoms with Crippen molar-refractivity contribution in [1.82, 2.24) is 45.0 Å². The maximum Gasteiger partial charge on any atom is 0.232 e. The number of aromatic amines is 2. The number of hydrogen-bond acceptors (Lipinski definition) is 9. The topological polar surface area (TPSA) is 121 Å². The summed E-state index contributed by atoms with van der Waals surface area (Å²) in [6, 6.07) is 9.77. The van der Waals surface area contributed by atoms with Crippen molar-refractivity contribution in [3.8, 4) is 39.4 Å². The van der Waals surface area contributed by atoms with Crippen LogP contribution >= 0.6 is 11.3 Å². The minimum atomic E-state index is 0.463. The number of fused-ring (bicyclic) bond motifs is 2. The van der Waals surface area contributed by atoms with E-state index >= 15 is 0 Å². The summed E-state index contributed by atoms with van der Waals surface area (Å²) < 4.78 is 5.74. The van der Waals surface area contributed by atoms with E-state index in [1.165, 1.54) is 0 Å². The van der Waals surface area contributed by atoms with Gasteiger partial charge in [-0.05, 0) is 43.7 Å². The molecule has 0 fully saturated rings. The third kappa shape index (κ3) is 4.11. The van der Waals surface area contributed by atoms with Gasteiger partial charge < -0.3 is 14.6 Å². The molecule has 0 unspecified atom stereocenters. The lowest BCUT2D eigenvalue weighted by Gasteiger charge is -2.10. The molecule has 0 aliphatic carbocycles. The van der Waals surface area contributed by atoms with Crippen molar-refractivity contribution in [2.75, 3.05) is 27.2 Å². The van der Waals surface area contributed by atoms with Gasteiger partial charge in [-0.15, -0.1) is 11.3 Å². The van der Waals surface area contributed by atoms with Crippen LogP contribution < -0.4 is 4.74 Å². The number of likely N-dealkylation sites (N-methyl/N-ethyl adjacent to an activating group) is 1. The number of aromatic nitrogens is 8. The predicted molar refractivity (Wildman–Crippen MR) is 135 cm³/mol. The lowest BCUT2D eigenvalue weighted by Crippen LogP contribution is -2.19. The van der Waals surface area contributed by atoms with E-state index in [-0.39, 0.29) is 0 Å². The average Bonchev–Trinajstić information content (AvgIpc) is 3.62. The van der Waals surface area contributed by atoms with Crippen molar-refractivity contribution in [2.24, 2.45) is 0 Å². The Morgan fingerprint density at radius 3 is 2.71 bits per heavy atom. The Morgan fingerprint density at radius 1 is 0.943 bits per heavy atom. The first kappa shape index (κ1) is 21.3. The molecular weight excluding hydrogens is 462 g/mol. The van der Waals surface area contributed by atoms with Crippen molar-refractivity contribution >= 4 is 33.4 Å². The number of rotatable bonds is 7. The molecule has 35 heavy (non-hydrogen) atoms. The van der Waals surface area contributed by atoms with Gasteiger partial charge in [0.1, 0.15) is 29.0 Å². The highest BCUT2D eigenvalue weighted by Crippen LogP contribution is 2.32. The van der Waals surface area contributed by atoms with Gasteiger partial charge in [0.25, 0.3) is 0 Å². The van der Waals surface area contributed by atoms with Gasteiger partial charge in [0.15, 0.2) is 11.5 Å². The van der Waals surface area contributed by atoms with E-state index in [0.717, 1.165) is 33.7 Å². The zero-order valence-corrected chi connectivity index (χ0v) is 19.9. The summed E-state index contributed by atoms with van der Waals surface area (Å²) in [5, 5.41) is 9.58. The van der Waals surface area contributed by atoms with Gasteiger partial charge in [-0.3, -0.25) is 15.1 Å². The summed E-state index contributed by atoms with van der Waals surface area (Å²) in [6.45, 7) is 1.31. The summed E-state index contributed by atoms with van der Waals surface area (Å²) in [5.74, 6) is 1.08. The zero-order valence-electron chi connectivity index (χ0n) is 19.1. The van der Waals surface area contributed by atoms with Crippen molar-refractivity contribution < 1.29 is 4.74 Å². The third-order valence-corrected chi connectivity index (χ3v) is 6.33. The Bertz CT molecular complexity index is 1620. The van der Waals surface area contributed by atoms with Crippen molar-refractivity contribution in [3.63, 3.8) is 0 Å². The minimum absolute atomic E-state index is 0.463. The molecule has 11 heteroatoms. The molecule has 6 aromatic heterocycles.